The van der Waals surface area contributed by atoms with E-state index in [4.69, 9.17) is 30.3 Å². The third-order valence-electron chi connectivity index (χ3n) is 1.51. The maximum atomic E-state index is 10.6. The van der Waals surface area contributed by atoms with Crippen LogP contribution in [-0.2, 0) is 13.9 Å². The van der Waals surface area contributed by atoms with Crippen molar-refractivity contribution < 1.29 is 44.2 Å². The number of hydroxylamine groups is 1. The van der Waals surface area contributed by atoms with E-state index in [1.54, 1.807) is 0 Å². The fourth-order valence-corrected chi connectivity index (χ4v) is 1.05. The molecule has 16 heavy (non-hydrogen) atoms. The number of aliphatic hydroxyl groups is 3. The van der Waals surface area contributed by atoms with Crippen LogP contribution in [0.1, 0.15) is 0 Å². The van der Waals surface area contributed by atoms with E-state index in [9.17, 15) is 9.36 Å². The summed E-state index contributed by atoms with van der Waals surface area (Å²) in [4.78, 5) is 27.1. The molecule has 0 aliphatic heterocycles. The van der Waals surface area contributed by atoms with Gasteiger partial charge in [-0.3, -0.25) is 14.5 Å². The maximum Gasteiger partial charge on any atom is 0.469 e. The van der Waals surface area contributed by atoms with Gasteiger partial charge in [-0.2, -0.15) is 0 Å². The van der Waals surface area contributed by atoms with E-state index in [1.807, 2.05) is 0 Å². The number of amides is 1. The van der Waals surface area contributed by atoms with Gasteiger partial charge in [0.2, 0.25) is 0 Å². The predicted octanol–water partition coefficient (Wildman–Crippen LogP) is -3.32. The van der Waals surface area contributed by atoms with Crippen molar-refractivity contribution in [2.24, 2.45) is 0 Å². The maximum absolute atomic E-state index is 10.6. The minimum Gasteiger partial charge on any atom is -0.388 e. The van der Waals surface area contributed by atoms with Crippen LogP contribution in [0.25, 0.3) is 0 Å². The molecule has 0 aliphatic rings. The van der Waals surface area contributed by atoms with Crippen LogP contribution < -0.4 is 5.48 Å². The molecule has 0 aromatic carbocycles. The molecule has 11 heteroatoms. The Balaban J connectivity index is 4.23. The highest BCUT2D eigenvalue weighted by atomic mass is 31.2. The van der Waals surface area contributed by atoms with Crippen molar-refractivity contribution in [1.82, 2.24) is 5.48 Å². The molecule has 0 unspecified atom stereocenters. The molecule has 0 fully saturated rings. The van der Waals surface area contributed by atoms with Gasteiger partial charge >= 0.3 is 7.82 Å². The first-order valence-electron chi connectivity index (χ1n) is 3.87. The second-order valence-electron chi connectivity index (χ2n) is 2.77. The van der Waals surface area contributed by atoms with E-state index >= 15 is 0 Å². The largest absolute Gasteiger partial charge is 0.469 e. The number of carbonyl (C=O) groups is 1. The smallest absolute Gasteiger partial charge is 0.388 e. The van der Waals surface area contributed by atoms with Gasteiger partial charge in [0.1, 0.15) is 12.2 Å². The lowest BCUT2D eigenvalue weighted by Crippen LogP contribution is -2.47. The summed E-state index contributed by atoms with van der Waals surface area (Å²) in [6.07, 6.45) is -6.15. The summed E-state index contributed by atoms with van der Waals surface area (Å²) in [5.74, 6) is -1.39. The van der Waals surface area contributed by atoms with Crippen LogP contribution in [0.15, 0.2) is 0 Å². The molecular formula is C5H12NO9P. The summed E-state index contributed by atoms with van der Waals surface area (Å²) in [6.45, 7) is -0.999. The average Bonchev–Trinajstić information content (AvgIpc) is 2.21. The van der Waals surface area contributed by atoms with E-state index in [-0.39, 0.29) is 0 Å². The normalized spacial score (nSPS) is 17.6. The van der Waals surface area contributed by atoms with Gasteiger partial charge in [0.25, 0.3) is 5.91 Å². The number of phosphoric ester groups is 1. The quantitative estimate of drug-likeness (QED) is 0.146. The molecule has 1 amide bonds. The molecule has 7 N–H and O–H groups in total. The SMILES string of the molecule is O=C(NO)[C@H](O)[C@H](O)[C@H](O)COP(=O)(O)O. The van der Waals surface area contributed by atoms with Crippen molar-refractivity contribution in [3.8, 4) is 0 Å². The predicted molar refractivity (Wildman–Crippen MR) is 45.9 cm³/mol. The molecule has 0 aromatic rings. The molecule has 0 aliphatic carbocycles. The molecule has 0 saturated heterocycles. The van der Waals surface area contributed by atoms with Gasteiger partial charge in [-0.15, -0.1) is 0 Å². The summed E-state index contributed by atoms with van der Waals surface area (Å²) in [5.41, 5.74) is 1.02. The number of phosphoric acid groups is 1. The molecular weight excluding hydrogens is 249 g/mol. The fourth-order valence-electron chi connectivity index (χ4n) is 0.704. The van der Waals surface area contributed by atoms with Gasteiger partial charge in [-0.05, 0) is 0 Å². The highest BCUT2D eigenvalue weighted by Crippen LogP contribution is 2.35. The van der Waals surface area contributed by atoms with Crippen LogP contribution in [0.5, 0.6) is 0 Å². The molecule has 0 bridgehead atoms. The second kappa shape index (κ2) is 6.23. The molecule has 3 atom stereocenters. The van der Waals surface area contributed by atoms with Gasteiger partial charge in [-0.1, -0.05) is 0 Å². The van der Waals surface area contributed by atoms with Gasteiger partial charge in [-0.25, -0.2) is 10.0 Å². The molecule has 96 valence electrons. The third kappa shape index (κ3) is 5.49. The van der Waals surface area contributed by atoms with Crippen molar-refractivity contribution >= 4 is 13.7 Å². The topological polar surface area (TPSA) is 177 Å². The van der Waals surface area contributed by atoms with Crippen LogP contribution >= 0.6 is 7.82 Å². The zero-order valence-corrected chi connectivity index (χ0v) is 8.69. The average molecular weight is 261 g/mol. The first kappa shape index (κ1) is 15.4. The number of carbonyl (C=O) groups excluding carboxylic acids is 1. The first-order valence-corrected chi connectivity index (χ1v) is 5.40. The second-order valence-corrected chi connectivity index (χ2v) is 4.00. The Hall–Kier alpha value is -0.580. The monoisotopic (exact) mass is 261 g/mol. The first-order chi connectivity index (χ1) is 7.19. The van der Waals surface area contributed by atoms with Crippen molar-refractivity contribution in [3.05, 3.63) is 0 Å². The van der Waals surface area contributed by atoms with Crippen LogP contribution in [0.3, 0.4) is 0 Å². The summed E-state index contributed by atoms with van der Waals surface area (Å²) >= 11 is 0. The Bertz CT molecular complexity index is 277. The fraction of sp³-hybridized carbons (Fsp3) is 0.800. The van der Waals surface area contributed by atoms with Crippen LogP contribution in [0, 0.1) is 0 Å². The van der Waals surface area contributed by atoms with Gasteiger partial charge in [0, 0.05) is 0 Å². The Morgan fingerprint density at radius 3 is 2.19 bits per heavy atom. The minimum absolute atomic E-state index is 0.999. The molecule has 0 saturated carbocycles. The molecule has 0 heterocycles. The number of hydrogen-bond donors (Lipinski definition) is 7. The molecule has 0 rings (SSSR count). The number of hydrogen-bond acceptors (Lipinski definition) is 7. The van der Waals surface area contributed by atoms with Crippen molar-refractivity contribution in [1.29, 1.82) is 0 Å². The number of rotatable bonds is 6. The molecule has 0 aromatic heterocycles. The lowest BCUT2D eigenvalue weighted by molar-refractivity contribution is -0.150. The van der Waals surface area contributed by atoms with Gasteiger partial charge in [0.05, 0.1) is 6.61 Å². The Kier molecular flexibility index (Phi) is 6.00. The number of aliphatic hydroxyl groups excluding tert-OH is 3. The Labute approximate surface area is 89.3 Å². The lowest BCUT2D eigenvalue weighted by Gasteiger charge is -2.21. The minimum atomic E-state index is -4.82. The Morgan fingerprint density at radius 2 is 1.81 bits per heavy atom. The molecule has 0 spiro atoms. The summed E-state index contributed by atoms with van der Waals surface area (Å²) in [5, 5.41) is 35.2. The third-order valence-corrected chi connectivity index (χ3v) is 2.00. The van der Waals surface area contributed by atoms with E-state index in [2.05, 4.69) is 4.52 Å². The van der Waals surface area contributed by atoms with Crippen LogP contribution in [0.4, 0.5) is 0 Å². The Morgan fingerprint density at radius 1 is 1.31 bits per heavy atom. The van der Waals surface area contributed by atoms with Crippen LogP contribution in [-0.4, -0.2) is 61.1 Å². The van der Waals surface area contributed by atoms with E-state index < -0.39 is 38.6 Å². The summed E-state index contributed by atoms with van der Waals surface area (Å²) < 4.78 is 14.0. The van der Waals surface area contributed by atoms with Crippen LogP contribution in [0.2, 0.25) is 0 Å². The van der Waals surface area contributed by atoms with Gasteiger partial charge in [0.15, 0.2) is 6.10 Å². The zero-order chi connectivity index (χ0) is 12.9. The van der Waals surface area contributed by atoms with Crippen molar-refractivity contribution in [2.75, 3.05) is 6.61 Å². The highest BCUT2D eigenvalue weighted by molar-refractivity contribution is 7.46. The highest BCUT2D eigenvalue weighted by Gasteiger charge is 2.31. The van der Waals surface area contributed by atoms with Gasteiger partial charge < -0.3 is 25.1 Å². The summed E-state index contributed by atoms with van der Waals surface area (Å²) in [6, 6.07) is 0. The summed E-state index contributed by atoms with van der Waals surface area (Å²) in [7, 11) is -4.82. The van der Waals surface area contributed by atoms with E-state index in [1.165, 1.54) is 0 Å². The molecule has 10 nitrogen and oxygen atoms in total. The molecule has 0 radical (unpaired) electrons. The zero-order valence-electron chi connectivity index (χ0n) is 7.79. The van der Waals surface area contributed by atoms with Crippen molar-refractivity contribution in [3.63, 3.8) is 0 Å². The number of nitrogens with one attached hydrogen (secondary N) is 1. The van der Waals surface area contributed by atoms with E-state index in [0.717, 1.165) is 5.48 Å². The lowest BCUT2D eigenvalue weighted by atomic mass is 10.1. The van der Waals surface area contributed by atoms with E-state index in [0.29, 0.717) is 0 Å². The standard InChI is InChI=1S/C5H12NO9P/c7-2(1-15-16(12,13)14)3(8)4(9)5(10)6-11/h2-4,7-9,11H,1H2,(H,6,10)(H2,12,13,14)/t2-,3-,4-/m1/s1. The van der Waals surface area contributed by atoms with Crippen molar-refractivity contribution in [2.45, 2.75) is 18.3 Å².